The van der Waals surface area contributed by atoms with Crippen LogP contribution in [0.1, 0.15) is 45.4 Å². The molecule has 110 valence electrons. The van der Waals surface area contributed by atoms with Gasteiger partial charge in [0.2, 0.25) is 0 Å². The minimum Gasteiger partial charge on any atom is -0.303 e. The number of hydrogen-bond acceptors (Lipinski definition) is 3. The number of carbonyl (C=O) groups is 2. The summed E-state index contributed by atoms with van der Waals surface area (Å²) in [5, 5.41) is 2.94. The monoisotopic (exact) mass is 275 g/mol. The molecule has 5 aliphatic rings. The van der Waals surface area contributed by atoms with E-state index < -0.39 is 5.41 Å². The van der Waals surface area contributed by atoms with E-state index in [4.69, 9.17) is 0 Å². The minimum atomic E-state index is -0.689. The van der Waals surface area contributed by atoms with E-state index in [1.165, 1.54) is 32.1 Å². The standard InChI is InChI=1S/C17H25NO2/c1-17(15(19)8-18-9-16(17)20)7-14-12-3-10-2-11(5-12)6-13(14)4-10/h10-14,18H,2-9H2,1H3. The first-order chi connectivity index (χ1) is 9.56. The quantitative estimate of drug-likeness (QED) is 0.786. The third kappa shape index (κ3) is 1.82. The van der Waals surface area contributed by atoms with Crippen LogP contribution in [-0.4, -0.2) is 24.7 Å². The van der Waals surface area contributed by atoms with E-state index in [0.29, 0.717) is 19.0 Å². The summed E-state index contributed by atoms with van der Waals surface area (Å²) in [6, 6.07) is 0. The summed E-state index contributed by atoms with van der Waals surface area (Å²) in [5.74, 6) is 4.42. The Morgan fingerprint density at radius 2 is 1.45 bits per heavy atom. The van der Waals surface area contributed by atoms with E-state index in [1.54, 1.807) is 0 Å². The molecule has 0 unspecified atom stereocenters. The predicted molar refractivity (Wildman–Crippen MR) is 76.1 cm³/mol. The van der Waals surface area contributed by atoms with Crippen LogP contribution in [0.3, 0.4) is 0 Å². The second-order valence-electron chi connectivity index (χ2n) is 8.08. The molecule has 0 spiro atoms. The maximum absolute atomic E-state index is 12.3. The predicted octanol–water partition coefficient (Wildman–Crippen LogP) is 2.20. The maximum atomic E-state index is 12.3. The van der Waals surface area contributed by atoms with Crippen LogP contribution in [-0.2, 0) is 9.59 Å². The molecule has 0 aromatic rings. The Morgan fingerprint density at radius 3 is 1.95 bits per heavy atom. The molecule has 0 atom stereocenters. The molecular formula is C17H25NO2. The van der Waals surface area contributed by atoms with Crippen molar-refractivity contribution < 1.29 is 9.59 Å². The van der Waals surface area contributed by atoms with Crippen LogP contribution in [0.25, 0.3) is 0 Å². The smallest absolute Gasteiger partial charge is 0.159 e. The normalized spacial score (nSPS) is 46.0. The van der Waals surface area contributed by atoms with Crippen LogP contribution < -0.4 is 5.32 Å². The Kier molecular flexibility index (Phi) is 2.86. The molecule has 4 saturated carbocycles. The van der Waals surface area contributed by atoms with Gasteiger partial charge in [-0.05, 0) is 75.0 Å². The van der Waals surface area contributed by atoms with Gasteiger partial charge in [0.1, 0.15) is 0 Å². The molecule has 3 heteroatoms. The Balaban J connectivity index is 1.56. The van der Waals surface area contributed by atoms with Gasteiger partial charge < -0.3 is 5.32 Å². The van der Waals surface area contributed by atoms with Gasteiger partial charge in [-0.15, -0.1) is 0 Å². The highest BCUT2D eigenvalue weighted by molar-refractivity contribution is 6.10. The van der Waals surface area contributed by atoms with Crippen LogP contribution >= 0.6 is 0 Å². The lowest BCUT2D eigenvalue weighted by molar-refractivity contribution is -0.145. The molecule has 1 N–H and O–H groups in total. The van der Waals surface area contributed by atoms with Crippen molar-refractivity contribution in [1.29, 1.82) is 0 Å². The van der Waals surface area contributed by atoms with Gasteiger partial charge in [0.05, 0.1) is 18.5 Å². The number of carbonyl (C=O) groups excluding carboxylic acids is 2. The van der Waals surface area contributed by atoms with Crippen molar-refractivity contribution in [1.82, 2.24) is 5.32 Å². The summed E-state index contributed by atoms with van der Waals surface area (Å²) in [4.78, 5) is 24.6. The third-order valence-electron chi connectivity index (χ3n) is 6.87. The average molecular weight is 275 g/mol. The van der Waals surface area contributed by atoms with E-state index in [1.807, 2.05) is 6.92 Å². The number of nitrogens with one attached hydrogen (secondary N) is 1. The van der Waals surface area contributed by atoms with Gasteiger partial charge in [-0.2, -0.15) is 0 Å². The average Bonchev–Trinajstić information content (AvgIpc) is 2.40. The summed E-state index contributed by atoms with van der Waals surface area (Å²) in [5.41, 5.74) is -0.689. The first-order valence-electron chi connectivity index (χ1n) is 8.33. The largest absolute Gasteiger partial charge is 0.303 e. The zero-order valence-electron chi connectivity index (χ0n) is 12.4. The number of ketones is 2. The topological polar surface area (TPSA) is 46.2 Å². The molecule has 5 fully saturated rings. The minimum absolute atomic E-state index is 0.127. The van der Waals surface area contributed by atoms with Crippen molar-refractivity contribution in [2.45, 2.75) is 45.4 Å². The molecule has 1 aliphatic heterocycles. The maximum Gasteiger partial charge on any atom is 0.159 e. The van der Waals surface area contributed by atoms with Gasteiger partial charge in [0, 0.05) is 0 Å². The van der Waals surface area contributed by atoms with Crippen molar-refractivity contribution in [3.63, 3.8) is 0 Å². The second kappa shape index (κ2) is 4.40. The first kappa shape index (κ1) is 13.0. The van der Waals surface area contributed by atoms with Crippen molar-refractivity contribution >= 4 is 11.6 Å². The van der Waals surface area contributed by atoms with Gasteiger partial charge in [-0.1, -0.05) is 0 Å². The van der Waals surface area contributed by atoms with E-state index in [0.717, 1.165) is 30.1 Å². The summed E-state index contributed by atoms with van der Waals surface area (Å²) in [6.07, 6.45) is 7.77. The Hall–Kier alpha value is -0.700. The third-order valence-corrected chi connectivity index (χ3v) is 6.87. The zero-order chi connectivity index (χ0) is 13.9. The summed E-state index contributed by atoms with van der Waals surface area (Å²) in [7, 11) is 0. The molecule has 4 aliphatic carbocycles. The number of piperidine rings is 1. The lowest BCUT2D eigenvalue weighted by Crippen LogP contribution is -2.55. The highest BCUT2D eigenvalue weighted by atomic mass is 16.2. The number of hydrogen-bond donors (Lipinski definition) is 1. The van der Waals surface area contributed by atoms with Crippen LogP contribution in [0, 0.1) is 35.0 Å². The van der Waals surface area contributed by atoms with Gasteiger partial charge >= 0.3 is 0 Å². The molecule has 0 aromatic heterocycles. The van der Waals surface area contributed by atoms with E-state index >= 15 is 0 Å². The molecule has 0 amide bonds. The van der Waals surface area contributed by atoms with Crippen LogP contribution in [0.4, 0.5) is 0 Å². The van der Waals surface area contributed by atoms with Crippen molar-refractivity contribution in [3.8, 4) is 0 Å². The molecule has 5 rings (SSSR count). The van der Waals surface area contributed by atoms with Crippen molar-refractivity contribution in [2.75, 3.05) is 13.1 Å². The van der Waals surface area contributed by atoms with Crippen molar-refractivity contribution in [2.24, 2.45) is 35.0 Å². The zero-order valence-corrected chi connectivity index (χ0v) is 12.4. The number of Topliss-reactive ketones (excluding diaryl/α,β-unsaturated/α-hetero) is 2. The van der Waals surface area contributed by atoms with Crippen LogP contribution in [0.5, 0.6) is 0 Å². The molecule has 4 bridgehead atoms. The Bertz CT molecular complexity index is 412. The summed E-state index contributed by atoms with van der Waals surface area (Å²) >= 11 is 0. The van der Waals surface area contributed by atoms with E-state index in [2.05, 4.69) is 5.32 Å². The van der Waals surface area contributed by atoms with Crippen molar-refractivity contribution in [3.05, 3.63) is 0 Å². The number of rotatable bonds is 2. The molecule has 1 heterocycles. The van der Waals surface area contributed by atoms with Gasteiger partial charge in [0.25, 0.3) is 0 Å². The first-order valence-corrected chi connectivity index (χ1v) is 8.33. The molecular weight excluding hydrogens is 250 g/mol. The van der Waals surface area contributed by atoms with Crippen LogP contribution in [0.15, 0.2) is 0 Å². The molecule has 1 saturated heterocycles. The molecule has 0 radical (unpaired) electrons. The lowest BCUT2D eigenvalue weighted by Gasteiger charge is -2.56. The highest BCUT2D eigenvalue weighted by Crippen LogP contribution is 2.58. The molecule has 20 heavy (non-hydrogen) atoms. The fourth-order valence-electron chi connectivity index (χ4n) is 5.91. The van der Waals surface area contributed by atoms with E-state index in [-0.39, 0.29) is 11.6 Å². The fraction of sp³-hybridized carbons (Fsp3) is 0.882. The van der Waals surface area contributed by atoms with Gasteiger partial charge in [0.15, 0.2) is 11.6 Å². The Morgan fingerprint density at radius 1 is 0.950 bits per heavy atom. The van der Waals surface area contributed by atoms with Crippen LogP contribution in [0.2, 0.25) is 0 Å². The van der Waals surface area contributed by atoms with Gasteiger partial charge in [-0.3, -0.25) is 9.59 Å². The van der Waals surface area contributed by atoms with Gasteiger partial charge in [-0.25, -0.2) is 0 Å². The second-order valence-corrected chi connectivity index (χ2v) is 8.08. The van der Waals surface area contributed by atoms with E-state index in [9.17, 15) is 9.59 Å². The molecule has 0 aromatic carbocycles. The summed E-state index contributed by atoms with van der Waals surface area (Å²) in [6.45, 7) is 2.69. The summed E-state index contributed by atoms with van der Waals surface area (Å²) < 4.78 is 0. The SMILES string of the molecule is CC1(CC2C3CC4CC(C3)CC2C4)C(=O)CNCC1=O. The Labute approximate surface area is 120 Å². The lowest BCUT2D eigenvalue weighted by atomic mass is 9.49. The highest BCUT2D eigenvalue weighted by Gasteiger charge is 2.52. The molecule has 3 nitrogen and oxygen atoms in total. The fourth-order valence-corrected chi connectivity index (χ4v) is 5.91.